The Morgan fingerprint density at radius 1 is 1.00 bits per heavy atom. The number of nitrogens with one attached hydrogen (secondary N) is 1. The van der Waals surface area contributed by atoms with E-state index in [-0.39, 0.29) is 0 Å². The average Bonchev–Trinajstić information content (AvgIpc) is 2.51. The summed E-state index contributed by atoms with van der Waals surface area (Å²) in [6, 6.07) is 8.28. The molecule has 6 heteroatoms. The Bertz CT molecular complexity index is 361. The summed E-state index contributed by atoms with van der Waals surface area (Å²) in [7, 11) is 2.17. The summed E-state index contributed by atoms with van der Waals surface area (Å²) in [6.45, 7) is 2.56. The van der Waals surface area contributed by atoms with Crippen LogP contribution in [0.25, 0.3) is 0 Å². The van der Waals surface area contributed by atoms with Gasteiger partial charge in [-0.3, -0.25) is 0 Å². The van der Waals surface area contributed by atoms with Gasteiger partial charge in [-0.2, -0.15) is 0 Å². The first kappa shape index (κ1) is 17.3. The smallest absolute Gasteiger partial charge is 0.373 e. The molecule has 3 N–H and O–H groups in total. The quantitative estimate of drug-likeness (QED) is 0.479. The Morgan fingerprint density at radius 3 is 2.10 bits per heavy atom. The maximum atomic E-state index is 5.46. The fourth-order valence-corrected chi connectivity index (χ4v) is 3.91. The normalized spacial score (nSPS) is 11.8. The monoisotopic (exact) mass is 298 g/mol. The lowest BCUT2D eigenvalue weighted by Gasteiger charge is -2.24. The standard InChI is InChI=1S/C14H26N2O3Si/c1-17-20(18-2,19-3)14-8-6-13(7-9-14)5-4-11-16-12-10-15/h6-9,16H,4-5,10-12,15H2,1-3H3. The van der Waals surface area contributed by atoms with Crippen LogP contribution in [0.1, 0.15) is 12.0 Å². The largest absolute Gasteiger partial charge is 0.536 e. The topological polar surface area (TPSA) is 65.7 Å². The second-order valence-electron chi connectivity index (χ2n) is 4.51. The third kappa shape index (κ3) is 4.66. The zero-order chi connectivity index (χ0) is 14.8. The fraction of sp³-hybridized carbons (Fsp3) is 0.571. The molecule has 0 aliphatic rings. The molecule has 0 aliphatic carbocycles. The second-order valence-corrected chi connectivity index (χ2v) is 7.42. The van der Waals surface area contributed by atoms with E-state index in [2.05, 4.69) is 17.4 Å². The van der Waals surface area contributed by atoms with Gasteiger partial charge in [-0.1, -0.05) is 24.3 Å². The molecule has 0 saturated heterocycles. The Morgan fingerprint density at radius 2 is 1.60 bits per heavy atom. The van der Waals surface area contributed by atoms with Crippen molar-refractivity contribution >= 4 is 14.0 Å². The number of aryl methyl sites for hydroxylation is 1. The summed E-state index contributed by atoms with van der Waals surface area (Å²) in [4.78, 5) is 0. The lowest BCUT2D eigenvalue weighted by molar-refractivity contribution is 0.140. The predicted octanol–water partition coefficient (Wildman–Crippen LogP) is 0.253. The third-order valence-electron chi connectivity index (χ3n) is 3.25. The van der Waals surface area contributed by atoms with Gasteiger partial charge < -0.3 is 24.3 Å². The fourth-order valence-electron chi connectivity index (χ4n) is 2.12. The van der Waals surface area contributed by atoms with Crippen LogP contribution in [0.15, 0.2) is 24.3 Å². The van der Waals surface area contributed by atoms with E-state index in [1.165, 1.54) is 5.56 Å². The molecule has 0 atom stereocenters. The van der Waals surface area contributed by atoms with E-state index in [1.807, 2.05) is 12.1 Å². The summed E-state index contributed by atoms with van der Waals surface area (Å²) in [6.07, 6.45) is 2.14. The Balaban J connectivity index is 2.55. The summed E-state index contributed by atoms with van der Waals surface area (Å²) in [5.74, 6) is 0. The van der Waals surface area contributed by atoms with Gasteiger partial charge in [-0.25, -0.2) is 0 Å². The van der Waals surface area contributed by atoms with Crippen LogP contribution in [0.4, 0.5) is 0 Å². The lowest BCUT2D eigenvalue weighted by atomic mass is 10.1. The van der Waals surface area contributed by atoms with Gasteiger partial charge in [0.25, 0.3) is 0 Å². The highest BCUT2D eigenvalue weighted by Gasteiger charge is 2.40. The highest BCUT2D eigenvalue weighted by atomic mass is 28.4. The Kier molecular flexibility index (Phi) is 7.97. The summed E-state index contributed by atoms with van der Waals surface area (Å²) < 4.78 is 16.4. The molecule has 0 fully saturated rings. The van der Waals surface area contributed by atoms with Crippen molar-refractivity contribution in [1.29, 1.82) is 0 Å². The van der Waals surface area contributed by atoms with Gasteiger partial charge in [0.15, 0.2) is 0 Å². The molecule has 1 aromatic rings. The van der Waals surface area contributed by atoms with Crippen molar-refractivity contribution in [3.63, 3.8) is 0 Å². The molecule has 20 heavy (non-hydrogen) atoms. The molecule has 0 aliphatic heterocycles. The molecule has 1 aromatic carbocycles. The van der Waals surface area contributed by atoms with Crippen LogP contribution in [0.2, 0.25) is 0 Å². The molecule has 0 bridgehead atoms. The molecule has 0 radical (unpaired) electrons. The summed E-state index contributed by atoms with van der Waals surface area (Å²) >= 11 is 0. The van der Waals surface area contributed by atoms with Crippen molar-refractivity contribution in [3.8, 4) is 0 Å². The SMILES string of the molecule is CO[Si](OC)(OC)c1ccc(CCCNCCN)cc1. The van der Waals surface area contributed by atoms with Crippen LogP contribution in [-0.4, -0.2) is 49.8 Å². The van der Waals surface area contributed by atoms with E-state index < -0.39 is 8.80 Å². The van der Waals surface area contributed by atoms with E-state index >= 15 is 0 Å². The zero-order valence-electron chi connectivity index (χ0n) is 12.6. The molecular formula is C14H26N2O3Si. The van der Waals surface area contributed by atoms with Crippen LogP contribution >= 0.6 is 0 Å². The van der Waals surface area contributed by atoms with Crippen LogP contribution in [-0.2, 0) is 19.7 Å². The molecule has 0 spiro atoms. The van der Waals surface area contributed by atoms with Crippen molar-refractivity contribution in [2.24, 2.45) is 5.73 Å². The summed E-state index contributed by atoms with van der Waals surface area (Å²) in [5.41, 5.74) is 6.73. The predicted molar refractivity (Wildman–Crippen MR) is 83.1 cm³/mol. The molecule has 1 rings (SSSR count). The van der Waals surface area contributed by atoms with Gasteiger partial charge in [0.05, 0.1) is 0 Å². The number of hydrogen-bond acceptors (Lipinski definition) is 5. The van der Waals surface area contributed by atoms with Crippen molar-refractivity contribution in [2.75, 3.05) is 41.0 Å². The van der Waals surface area contributed by atoms with E-state index in [4.69, 9.17) is 19.0 Å². The maximum absolute atomic E-state index is 5.46. The Hall–Kier alpha value is -0.763. The minimum absolute atomic E-state index is 0.687. The van der Waals surface area contributed by atoms with Crippen LogP contribution in [0, 0.1) is 0 Å². The minimum Gasteiger partial charge on any atom is -0.373 e. The van der Waals surface area contributed by atoms with E-state index in [0.29, 0.717) is 6.54 Å². The number of nitrogens with two attached hydrogens (primary N) is 1. The highest BCUT2D eigenvalue weighted by molar-refractivity contribution is 6.75. The van der Waals surface area contributed by atoms with Gasteiger partial charge in [0, 0.05) is 39.6 Å². The van der Waals surface area contributed by atoms with E-state index in [0.717, 1.165) is 31.1 Å². The van der Waals surface area contributed by atoms with Crippen LogP contribution in [0.5, 0.6) is 0 Å². The first-order valence-electron chi connectivity index (χ1n) is 6.88. The van der Waals surface area contributed by atoms with Gasteiger partial charge >= 0.3 is 8.80 Å². The minimum atomic E-state index is -2.69. The molecular weight excluding hydrogens is 272 g/mol. The van der Waals surface area contributed by atoms with Crippen LogP contribution < -0.4 is 16.2 Å². The first-order chi connectivity index (χ1) is 9.72. The maximum Gasteiger partial charge on any atom is 0.536 e. The first-order valence-corrected chi connectivity index (χ1v) is 8.60. The number of rotatable bonds is 10. The van der Waals surface area contributed by atoms with Gasteiger partial charge in [-0.05, 0) is 24.9 Å². The molecule has 0 aromatic heterocycles. The van der Waals surface area contributed by atoms with Crippen molar-refractivity contribution in [1.82, 2.24) is 5.32 Å². The zero-order valence-corrected chi connectivity index (χ0v) is 13.6. The Labute approximate surface area is 122 Å². The number of benzene rings is 1. The molecule has 0 saturated carbocycles. The van der Waals surface area contributed by atoms with Gasteiger partial charge in [0.2, 0.25) is 0 Å². The van der Waals surface area contributed by atoms with Gasteiger partial charge in [0.1, 0.15) is 0 Å². The second kappa shape index (κ2) is 9.22. The lowest BCUT2D eigenvalue weighted by Crippen LogP contribution is -2.54. The van der Waals surface area contributed by atoms with Crippen molar-refractivity contribution in [3.05, 3.63) is 29.8 Å². The molecule has 114 valence electrons. The molecule has 5 nitrogen and oxygen atoms in total. The average molecular weight is 298 g/mol. The van der Waals surface area contributed by atoms with E-state index in [1.54, 1.807) is 21.3 Å². The van der Waals surface area contributed by atoms with Crippen molar-refractivity contribution in [2.45, 2.75) is 12.8 Å². The molecule has 0 unspecified atom stereocenters. The van der Waals surface area contributed by atoms with Gasteiger partial charge in [-0.15, -0.1) is 0 Å². The molecule has 0 heterocycles. The van der Waals surface area contributed by atoms with Crippen molar-refractivity contribution < 1.29 is 13.3 Å². The number of hydrogen-bond donors (Lipinski definition) is 2. The van der Waals surface area contributed by atoms with Crippen LogP contribution in [0.3, 0.4) is 0 Å². The highest BCUT2D eigenvalue weighted by Crippen LogP contribution is 2.09. The summed E-state index contributed by atoms with van der Waals surface area (Å²) in [5, 5.41) is 4.27. The third-order valence-corrected chi connectivity index (χ3v) is 5.91. The van der Waals surface area contributed by atoms with E-state index in [9.17, 15) is 0 Å². The molecule has 0 amide bonds.